The van der Waals surface area contributed by atoms with Crippen LogP contribution >= 0.6 is 0 Å². The molecule has 5 aromatic rings. The smallest absolute Gasteiger partial charge is 0.136 e. The van der Waals surface area contributed by atoms with Crippen LogP contribution < -0.4 is 9.80 Å². The van der Waals surface area contributed by atoms with Crippen LogP contribution in [0.5, 0.6) is 0 Å². The van der Waals surface area contributed by atoms with Crippen molar-refractivity contribution >= 4 is 33.3 Å². The van der Waals surface area contributed by atoms with Crippen molar-refractivity contribution in [3.05, 3.63) is 72.3 Å². The van der Waals surface area contributed by atoms with Gasteiger partial charge in [0.25, 0.3) is 0 Å². The molecular formula is C47H55N3O2. The van der Waals surface area contributed by atoms with E-state index in [1.54, 1.807) is 0 Å². The summed E-state index contributed by atoms with van der Waals surface area (Å²) in [6.07, 6.45) is 26.5. The Labute approximate surface area is 310 Å². The van der Waals surface area contributed by atoms with Gasteiger partial charge in [0.2, 0.25) is 0 Å². The van der Waals surface area contributed by atoms with Crippen LogP contribution in [0.3, 0.4) is 0 Å². The van der Waals surface area contributed by atoms with E-state index in [1.807, 2.05) is 12.1 Å². The Balaban J connectivity index is 0.998. The summed E-state index contributed by atoms with van der Waals surface area (Å²) in [4.78, 5) is 5.55. The van der Waals surface area contributed by atoms with Gasteiger partial charge in [-0.2, -0.15) is 5.26 Å². The van der Waals surface area contributed by atoms with Crippen LogP contribution in [-0.4, -0.2) is 24.2 Å². The molecule has 52 heavy (non-hydrogen) atoms. The zero-order valence-corrected chi connectivity index (χ0v) is 31.0. The van der Waals surface area contributed by atoms with Crippen LogP contribution in [0.2, 0.25) is 0 Å². The fraction of sp³-hybridized carbons (Fsp3) is 0.511. The molecule has 270 valence electrons. The molecule has 0 saturated heterocycles. The van der Waals surface area contributed by atoms with Gasteiger partial charge in [-0.3, -0.25) is 0 Å². The molecule has 0 bridgehead atoms. The number of benzene rings is 3. The van der Waals surface area contributed by atoms with Crippen LogP contribution in [0, 0.1) is 11.3 Å². The van der Waals surface area contributed by atoms with Gasteiger partial charge in [0, 0.05) is 69.6 Å². The zero-order valence-electron chi connectivity index (χ0n) is 31.0. The Morgan fingerprint density at radius 1 is 0.462 bits per heavy atom. The monoisotopic (exact) mass is 693 g/mol. The fourth-order valence-corrected chi connectivity index (χ4v) is 10.5. The third-order valence-electron chi connectivity index (χ3n) is 13.2. The molecule has 4 aliphatic rings. The zero-order chi connectivity index (χ0) is 34.9. The molecule has 9 rings (SSSR count). The Kier molecular flexibility index (Phi) is 9.74. The summed E-state index contributed by atoms with van der Waals surface area (Å²) in [6, 6.07) is 29.0. The van der Waals surface area contributed by atoms with Gasteiger partial charge >= 0.3 is 0 Å². The molecule has 5 nitrogen and oxygen atoms in total. The average molecular weight is 694 g/mol. The highest BCUT2D eigenvalue weighted by molar-refractivity contribution is 5.89. The van der Waals surface area contributed by atoms with E-state index in [0.29, 0.717) is 29.7 Å². The second-order valence-electron chi connectivity index (χ2n) is 16.5. The molecule has 3 aromatic carbocycles. The van der Waals surface area contributed by atoms with Crippen molar-refractivity contribution in [1.82, 2.24) is 0 Å². The minimum atomic E-state index is 0.602. The van der Waals surface area contributed by atoms with Crippen LogP contribution in [-0.2, 0) is 0 Å². The first-order valence-electron chi connectivity index (χ1n) is 20.9. The molecule has 5 heteroatoms. The van der Waals surface area contributed by atoms with Gasteiger partial charge in [-0.15, -0.1) is 0 Å². The largest absolute Gasteiger partial charge is 0.456 e. The van der Waals surface area contributed by atoms with E-state index in [1.165, 1.54) is 140 Å². The SMILES string of the molecule is N#Cc1cc(-c2cc3ccc(N(C4CCCCC4)C4CCCCC4)cc3o2)ccc1-c1cc2ccc(N(C3CCCCC3)C3CCCCC3)cc2o1. The van der Waals surface area contributed by atoms with Crippen molar-refractivity contribution in [2.24, 2.45) is 0 Å². The van der Waals surface area contributed by atoms with E-state index < -0.39 is 0 Å². The molecule has 0 N–H and O–H groups in total. The Bertz CT molecular complexity index is 1990. The summed E-state index contributed by atoms with van der Waals surface area (Å²) < 4.78 is 13.2. The maximum Gasteiger partial charge on any atom is 0.136 e. The predicted molar refractivity (Wildman–Crippen MR) is 214 cm³/mol. The van der Waals surface area contributed by atoms with E-state index in [4.69, 9.17) is 8.83 Å². The van der Waals surface area contributed by atoms with Gasteiger partial charge in [0.05, 0.1) is 11.6 Å². The Hall–Kier alpha value is -4.17. The van der Waals surface area contributed by atoms with Crippen molar-refractivity contribution in [2.45, 2.75) is 153 Å². The first-order chi connectivity index (χ1) is 25.7. The molecule has 0 amide bonds. The van der Waals surface area contributed by atoms with Crippen LogP contribution in [0.4, 0.5) is 11.4 Å². The average Bonchev–Trinajstić information content (AvgIpc) is 3.84. The summed E-state index contributed by atoms with van der Waals surface area (Å²) in [5.41, 5.74) is 6.80. The summed E-state index contributed by atoms with van der Waals surface area (Å²) >= 11 is 0. The first kappa shape index (κ1) is 33.7. The van der Waals surface area contributed by atoms with Gasteiger partial charge in [-0.1, -0.05) is 83.1 Å². The molecule has 0 atom stereocenters. The number of hydrogen-bond acceptors (Lipinski definition) is 5. The minimum absolute atomic E-state index is 0.602. The van der Waals surface area contributed by atoms with Crippen LogP contribution in [0.25, 0.3) is 44.6 Å². The van der Waals surface area contributed by atoms with Gasteiger partial charge in [0.15, 0.2) is 0 Å². The molecule has 0 radical (unpaired) electrons. The lowest BCUT2D eigenvalue weighted by Crippen LogP contribution is -2.45. The van der Waals surface area contributed by atoms with E-state index in [-0.39, 0.29) is 0 Å². The Morgan fingerprint density at radius 3 is 1.33 bits per heavy atom. The maximum atomic E-state index is 10.4. The third-order valence-corrected chi connectivity index (χ3v) is 13.2. The van der Waals surface area contributed by atoms with Gasteiger partial charge in [-0.05, 0) is 99.9 Å². The van der Waals surface area contributed by atoms with Crippen LogP contribution in [0.15, 0.2) is 75.6 Å². The molecule has 4 aliphatic carbocycles. The summed E-state index contributed by atoms with van der Waals surface area (Å²) in [5, 5.41) is 12.6. The topological polar surface area (TPSA) is 56.6 Å². The standard InChI is InChI=1S/C47H55N3O2/c48-32-36-27-33(44-28-34-21-24-41(30-45(34)51-44)49(37-13-5-1-6-14-37)38-15-7-2-8-16-38)23-26-43(36)47-29-35-22-25-42(31-46(35)52-47)50(39-17-9-3-10-18-39)40-19-11-4-12-20-40/h21-31,37-40H,1-20H2. The highest BCUT2D eigenvalue weighted by Gasteiger charge is 2.31. The normalized spacial score (nSPS) is 20.0. The molecule has 4 saturated carbocycles. The summed E-state index contributed by atoms with van der Waals surface area (Å²) in [7, 11) is 0. The molecular weight excluding hydrogens is 639 g/mol. The molecule has 0 spiro atoms. The fourth-order valence-electron chi connectivity index (χ4n) is 10.5. The lowest BCUT2D eigenvalue weighted by Gasteiger charge is -2.43. The lowest BCUT2D eigenvalue weighted by molar-refractivity contribution is 0.340. The van der Waals surface area contributed by atoms with Gasteiger partial charge in [0.1, 0.15) is 22.7 Å². The molecule has 0 unspecified atom stereocenters. The third kappa shape index (κ3) is 6.75. The number of rotatable bonds is 8. The highest BCUT2D eigenvalue weighted by atomic mass is 16.3. The van der Waals surface area contributed by atoms with Crippen molar-refractivity contribution in [3.63, 3.8) is 0 Å². The van der Waals surface area contributed by atoms with Gasteiger partial charge < -0.3 is 18.6 Å². The molecule has 0 aliphatic heterocycles. The lowest BCUT2D eigenvalue weighted by atomic mass is 9.88. The Morgan fingerprint density at radius 2 is 0.885 bits per heavy atom. The summed E-state index contributed by atoms with van der Waals surface area (Å²) in [5.74, 6) is 1.55. The number of nitrogens with zero attached hydrogens (tertiary/aromatic N) is 3. The van der Waals surface area contributed by atoms with Gasteiger partial charge in [-0.25, -0.2) is 0 Å². The van der Waals surface area contributed by atoms with Crippen molar-refractivity contribution < 1.29 is 8.83 Å². The minimum Gasteiger partial charge on any atom is -0.456 e. The number of nitriles is 1. The number of furan rings is 2. The number of anilines is 2. The molecule has 2 heterocycles. The second kappa shape index (κ2) is 15.1. The molecule has 4 fully saturated rings. The van der Waals surface area contributed by atoms with E-state index in [9.17, 15) is 5.26 Å². The van der Waals surface area contributed by atoms with Crippen LogP contribution in [0.1, 0.15) is 134 Å². The second-order valence-corrected chi connectivity index (χ2v) is 16.5. The number of fused-ring (bicyclic) bond motifs is 2. The van der Waals surface area contributed by atoms with E-state index in [0.717, 1.165) is 44.6 Å². The number of hydrogen-bond donors (Lipinski definition) is 0. The predicted octanol–water partition coefficient (Wildman–Crippen LogP) is 13.3. The van der Waals surface area contributed by atoms with Crippen molar-refractivity contribution in [3.8, 4) is 28.7 Å². The summed E-state index contributed by atoms with van der Waals surface area (Å²) in [6.45, 7) is 0. The highest BCUT2D eigenvalue weighted by Crippen LogP contribution is 2.40. The van der Waals surface area contributed by atoms with E-state index in [2.05, 4.69) is 70.5 Å². The van der Waals surface area contributed by atoms with E-state index >= 15 is 0 Å². The van der Waals surface area contributed by atoms with Crippen molar-refractivity contribution in [1.29, 1.82) is 5.26 Å². The first-order valence-corrected chi connectivity index (χ1v) is 20.9. The molecule has 2 aromatic heterocycles. The quantitative estimate of drug-likeness (QED) is 0.162. The van der Waals surface area contributed by atoms with Crippen molar-refractivity contribution in [2.75, 3.05) is 9.80 Å². The maximum absolute atomic E-state index is 10.4.